The van der Waals surface area contributed by atoms with Gasteiger partial charge in [-0.25, -0.2) is 9.50 Å². The minimum Gasteiger partial charge on any atom is -0.368 e. The molecule has 3 N–H and O–H groups in total. The van der Waals surface area contributed by atoms with Gasteiger partial charge in [-0.1, -0.05) is 12.8 Å². The zero-order valence-electron chi connectivity index (χ0n) is 12.0. The van der Waals surface area contributed by atoms with Gasteiger partial charge in [-0.05, 0) is 44.2 Å². The molecule has 0 spiro atoms. The van der Waals surface area contributed by atoms with Crippen LogP contribution in [0.1, 0.15) is 31.4 Å². The highest BCUT2D eigenvalue weighted by molar-refractivity contribution is 5.67. The van der Waals surface area contributed by atoms with Crippen molar-refractivity contribution in [2.24, 2.45) is 17.6 Å². The lowest BCUT2D eigenvalue weighted by Crippen LogP contribution is -2.31. The first kappa shape index (κ1) is 13.4. The van der Waals surface area contributed by atoms with E-state index < -0.39 is 0 Å². The number of hydrogen-bond acceptors (Lipinski definition) is 4. The average molecular weight is 273 g/mol. The summed E-state index contributed by atoms with van der Waals surface area (Å²) in [5.74, 6) is 2.25. The van der Waals surface area contributed by atoms with E-state index in [0.29, 0.717) is 11.8 Å². The van der Waals surface area contributed by atoms with E-state index in [4.69, 9.17) is 5.73 Å². The second kappa shape index (κ2) is 5.79. The molecular weight excluding hydrogens is 250 g/mol. The molecule has 0 amide bonds. The molecule has 1 fully saturated rings. The Balaban J connectivity index is 1.73. The van der Waals surface area contributed by atoms with Crippen LogP contribution in [0.3, 0.4) is 0 Å². The second-order valence-electron chi connectivity index (χ2n) is 5.81. The third-order valence-corrected chi connectivity index (χ3v) is 4.41. The van der Waals surface area contributed by atoms with Crippen molar-refractivity contribution in [3.8, 4) is 0 Å². The molecule has 5 heteroatoms. The monoisotopic (exact) mass is 273 g/mol. The van der Waals surface area contributed by atoms with Crippen molar-refractivity contribution in [3.63, 3.8) is 0 Å². The molecule has 108 valence electrons. The van der Waals surface area contributed by atoms with Crippen molar-refractivity contribution in [2.45, 2.75) is 32.6 Å². The lowest BCUT2D eigenvalue weighted by atomic mass is 9.79. The van der Waals surface area contributed by atoms with Gasteiger partial charge in [-0.3, -0.25) is 0 Å². The summed E-state index contributed by atoms with van der Waals surface area (Å²) in [4.78, 5) is 4.45. The number of nitrogens with zero attached hydrogens (tertiary/aromatic N) is 3. The van der Waals surface area contributed by atoms with Crippen LogP contribution in [0, 0.1) is 18.8 Å². The Hall–Kier alpha value is -1.62. The van der Waals surface area contributed by atoms with E-state index in [9.17, 15) is 0 Å². The number of aryl methyl sites for hydroxylation is 1. The highest BCUT2D eigenvalue weighted by atomic mass is 15.2. The molecule has 2 unspecified atom stereocenters. The van der Waals surface area contributed by atoms with Gasteiger partial charge in [0.25, 0.3) is 0 Å². The fraction of sp³-hybridized carbons (Fsp3) is 0.600. The molecule has 2 heterocycles. The van der Waals surface area contributed by atoms with Crippen LogP contribution < -0.4 is 11.1 Å². The van der Waals surface area contributed by atoms with Gasteiger partial charge in [-0.15, -0.1) is 0 Å². The number of anilines is 1. The normalized spacial score (nSPS) is 23.1. The molecule has 2 aromatic rings. The van der Waals surface area contributed by atoms with Crippen LogP contribution in [0.4, 0.5) is 5.82 Å². The lowest BCUT2D eigenvalue weighted by Gasteiger charge is -2.30. The minimum absolute atomic E-state index is 0.655. The van der Waals surface area contributed by atoms with Crippen molar-refractivity contribution in [2.75, 3.05) is 18.4 Å². The van der Waals surface area contributed by atoms with Crippen molar-refractivity contribution >= 4 is 11.3 Å². The van der Waals surface area contributed by atoms with Crippen molar-refractivity contribution < 1.29 is 0 Å². The lowest BCUT2D eigenvalue weighted by molar-refractivity contribution is 0.255. The van der Waals surface area contributed by atoms with Crippen LogP contribution in [-0.4, -0.2) is 27.7 Å². The maximum Gasteiger partial charge on any atom is 0.152 e. The summed E-state index contributed by atoms with van der Waals surface area (Å²) in [5, 5.41) is 7.92. The number of nitrogens with two attached hydrogens (primary N) is 1. The SMILES string of the molecule is Cc1cc2c(NCC3CCCCC3CN)nccn2n1. The van der Waals surface area contributed by atoms with Crippen LogP contribution in [-0.2, 0) is 0 Å². The Bertz CT molecular complexity index is 577. The van der Waals surface area contributed by atoms with Gasteiger partial charge >= 0.3 is 0 Å². The van der Waals surface area contributed by atoms with Crippen molar-refractivity contribution in [3.05, 3.63) is 24.2 Å². The first-order chi connectivity index (χ1) is 9.78. The topological polar surface area (TPSA) is 68.2 Å². The molecule has 0 radical (unpaired) electrons. The molecule has 5 nitrogen and oxygen atoms in total. The number of fused-ring (bicyclic) bond motifs is 1. The maximum atomic E-state index is 5.90. The highest BCUT2D eigenvalue weighted by Gasteiger charge is 2.23. The Morgan fingerprint density at radius 2 is 2.15 bits per heavy atom. The molecule has 2 aromatic heterocycles. The van der Waals surface area contributed by atoms with Crippen molar-refractivity contribution in [1.29, 1.82) is 0 Å². The van der Waals surface area contributed by atoms with E-state index >= 15 is 0 Å². The van der Waals surface area contributed by atoms with E-state index in [1.165, 1.54) is 25.7 Å². The van der Waals surface area contributed by atoms with Gasteiger partial charge in [-0.2, -0.15) is 5.10 Å². The average Bonchev–Trinajstić information content (AvgIpc) is 2.86. The second-order valence-corrected chi connectivity index (χ2v) is 5.81. The number of hydrogen-bond donors (Lipinski definition) is 2. The smallest absolute Gasteiger partial charge is 0.152 e. The predicted molar refractivity (Wildman–Crippen MR) is 80.7 cm³/mol. The summed E-state index contributed by atoms with van der Waals surface area (Å²) in [6.45, 7) is 3.76. The molecule has 0 saturated heterocycles. The maximum absolute atomic E-state index is 5.90. The highest BCUT2D eigenvalue weighted by Crippen LogP contribution is 2.29. The molecule has 1 saturated carbocycles. The number of rotatable bonds is 4. The van der Waals surface area contributed by atoms with Crippen LogP contribution in [0.25, 0.3) is 5.52 Å². The first-order valence-electron chi connectivity index (χ1n) is 7.53. The Morgan fingerprint density at radius 1 is 1.35 bits per heavy atom. The van der Waals surface area contributed by atoms with Gasteiger partial charge < -0.3 is 11.1 Å². The Morgan fingerprint density at radius 3 is 2.95 bits per heavy atom. The molecule has 2 atom stereocenters. The molecule has 3 rings (SSSR count). The molecule has 0 aliphatic heterocycles. The largest absolute Gasteiger partial charge is 0.368 e. The fourth-order valence-corrected chi connectivity index (χ4v) is 3.27. The van der Waals surface area contributed by atoms with Gasteiger partial charge in [0.1, 0.15) is 5.52 Å². The summed E-state index contributed by atoms with van der Waals surface area (Å²) in [6.07, 6.45) is 8.88. The van der Waals surface area contributed by atoms with E-state index in [2.05, 4.69) is 21.5 Å². The third-order valence-electron chi connectivity index (χ3n) is 4.41. The Kier molecular flexibility index (Phi) is 3.87. The number of aromatic nitrogens is 3. The summed E-state index contributed by atoms with van der Waals surface area (Å²) in [6, 6.07) is 2.07. The summed E-state index contributed by atoms with van der Waals surface area (Å²) in [5.41, 5.74) is 7.96. The molecule has 1 aliphatic rings. The quantitative estimate of drug-likeness (QED) is 0.896. The Labute approximate surface area is 119 Å². The van der Waals surface area contributed by atoms with Gasteiger partial charge in [0, 0.05) is 18.9 Å². The van der Waals surface area contributed by atoms with Crippen LogP contribution in [0.2, 0.25) is 0 Å². The summed E-state index contributed by atoms with van der Waals surface area (Å²) < 4.78 is 1.88. The van der Waals surface area contributed by atoms with Crippen LogP contribution >= 0.6 is 0 Å². The van der Waals surface area contributed by atoms with Crippen LogP contribution in [0.15, 0.2) is 18.5 Å². The predicted octanol–water partition coefficient (Wildman–Crippen LogP) is 2.21. The zero-order chi connectivity index (χ0) is 13.9. The van der Waals surface area contributed by atoms with E-state index in [1.54, 1.807) is 6.20 Å². The van der Waals surface area contributed by atoms with Crippen molar-refractivity contribution in [1.82, 2.24) is 14.6 Å². The van der Waals surface area contributed by atoms with Gasteiger partial charge in [0.05, 0.1) is 5.69 Å². The fourth-order valence-electron chi connectivity index (χ4n) is 3.27. The standard InChI is InChI=1S/C15H23N5/c1-11-8-14-15(17-6-7-20(14)19-11)18-10-13-5-3-2-4-12(13)9-16/h6-8,12-13H,2-5,9-10,16H2,1H3,(H,17,18). The molecule has 1 aliphatic carbocycles. The minimum atomic E-state index is 0.655. The van der Waals surface area contributed by atoms with E-state index in [1.807, 2.05) is 17.6 Å². The summed E-state index contributed by atoms with van der Waals surface area (Å²) >= 11 is 0. The molecule has 0 bridgehead atoms. The zero-order valence-corrected chi connectivity index (χ0v) is 12.0. The molecule has 20 heavy (non-hydrogen) atoms. The van der Waals surface area contributed by atoms with Crippen LogP contribution in [0.5, 0.6) is 0 Å². The van der Waals surface area contributed by atoms with E-state index in [0.717, 1.165) is 30.1 Å². The molecular formula is C15H23N5. The van der Waals surface area contributed by atoms with E-state index in [-0.39, 0.29) is 0 Å². The van der Waals surface area contributed by atoms with Gasteiger partial charge in [0.15, 0.2) is 5.82 Å². The molecule has 0 aromatic carbocycles. The third kappa shape index (κ3) is 2.63. The summed E-state index contributed by atoms with van der Waals surface area (Å²) in [7, 11) is 0. The first-order valence-corrected chi connectivity index (χ1v) is 7.53. The van der Waals surface area contributed by atoms with Gasteiger partial charge in [0.2, 0.25) is 0 Å². The number of nitrogens with one attached hydrogen (secondary N) is 1.